The number of rotatable bonds is 13. The number of unbranched alkanes of at least 4 members (excludes halogenated alkanes) is 5. The molecule has 2 unspecified atom stereocenters. The van der Waals surface area contributed by atoms with Crippen molar-refractivity contribution < 1.29 is 19.8 Å². The molecule has 0 saturated heterocycles. The predicted octanol–water partition coefficient (Wildman–Crippen LogP) is 3.85. The van der Waals surface area contributed by atoms with Crippen LogP contribution in [0.3, 0.4) is 0 Å². The van der Waals surface area contributed by atoms with Gasteiger partial charge < -0.3 is 10.2 Å². The van der Waals surface area contributed by atoms with E-state index in [0.717, 1.165) is 19.3 Å². The molecule has 0 radical (unpaired) electrons. The first-order valence-corrected chi connectivity index (χ1v) is 8.55. The van der Waals surface area contributed by atoms with Crippen molar-refractivity contribution in [2.45, 2.75) is 71.1 Å². The number of carboxylic acids is 2. The molecule has 0 rings (SSSR count). The van der Waals surface area contributed by atoms with Gasteiger partial charge in [-0.25, -0.2) is 0 Å². The fourth-order valence-electron chi connectivity index (χ4n) is 2.45. The number of carbonyl (C=O) groups is 2. The summed E-state index contributed by atoms with van der Waals surface area (Å²) in [5.41, 5.74) is 0. The molecule has 4 nitrogen and oxygen atoms in total. The van der Waals surface area contributed by atoms with E-state index in [2.05, 4.69) is 25.3 Å². The minimum atomic E-state index is -1.17. The number of hydrogen-bond donors (Lipinski definition) is 2. The van der Waals surface area contributed by atoms with E-state index in [4.69, 9.17) is 10.2 Å². The van der Waals surface area contributed by atoms with E-state index >= 15 is 0 Å². The van der Waals surface area contributed by atoms with Gasteiger partial charge in [-0.15, -0.1) is 12.5 Å². The summed E-state index contributed by atoms with van der Waals surface area (Å²) in [4.78, 5) is 21.6. The van der Waals surface area contributed by atoms with E-state index in [1.807, 2.05) is 6.08 Å². The Hall–Kier alpha value is -0.124. The van der Waals surface area contributed by atoms with Crippen molar-refractivity contribution >= 4 is 63.3 Å². The van der Waals surface area contributed by atoms with Crippen LogP contribution in [0.25, 0.3) is 0 Å². The average molecular weight is 363 g/mol. The number of carboxylic acid groups (broad SMARTS) is 2. The van der Waals surface area contributed by atoms with Crippen molar-refractivity contribution in [1.82, 2.24) is 0 Å². The van der Waals surface area contributed by atoms with Crippen LogP contribution in [0.5, 0.6) is 0 Å². The van der Waals surface area contributed by atoms with E-state index < -0.39 is 24.3 Å². The Labute approximate surface area is 188 Å². The fourth-order valence-corrected chi connectivity index (χ4v) is 2.45. The second-order valence-electron chi connectivity index (χ2n) is 5.96. The first kappa shape index (κ1) is 26.1. The molecule has 0 spiro atoms. The van der Waals surface area contributed by atoms with Crippen molar-refractivity contribution in [3.63, 3.8) is 0 Å². The van der Waals surface area contributed by atoms with Crippen LogP contribution < -0.4 is 0 Å². The Balaban J connectivity index is 0. The van der Waals surface area contributed by atoms with E-state index in [-0.39, 0.29) is 51.4 Å². The van der Waals surface area contributed by atoms with Crippen molar-refractivity contribution in [2.24, 2.45) is 11.8 Å². The minimum absolute atomic E-state index is 0. The Morgan fingerprint density at radius 3 is 2.29 bits per heavy atom. The van der Waals surface area contributed by atoms with Gasteiger partial charge in [0, 0.05) is 6.42 Å². The van der Waals surface area contributed by atoms with Crippen LogP contribution in [-0.2, 0) is 9.59 Å². The van der Waals surface area contributed by atoms with Crippen LogP contribution in [-0.4, -0.2) is 73.5 Å². The summed E-state index contributed by atoms with van der Waals surface area (Å²) in [7, 11) is 0. The Morgan fingerprint density at radius 2 is 1.75 bits per heavy atom. The van der Waals surface area contributed by atoms with Crippen LogP contribution in [0.1, 0.15) is 71.1 Å². The molecule has 0 heterocycles. The Kier molecular flexibility index (Phi) is 19.2. The van der Waals surface area contributed by atoms with Crippen molar-refractivity contribution in [3.05, 3.63) is 12.7 Å². The van der Waals surface area contributed by atoms with Gasteiger partial charge in [0.2, 0.25) is 0 Å². The number of aliphatic carboxylic acids is 2. The average Bonchev–Trinajstić information content (AvgIpc) is 2.49. The van der Waals surface area contributed by atoms with E-state index in [1.54, 1.807) is 0 Å². The third kappa shape index (κ3) is 15.4. The Morgan fingerprint density at radius 1 is 1.12 bits per heavy atom. The zero-order valence-electron chi connectivity index (χ0n) is 14.2. The normalized spacial score (nSPS) is 12.2. The monoisotopic (exact) mass is 362 g/mol. The summed E-state index contributed by atoms with van der Waals surface area (Å²) >= 11 is 0. The van der Waals surface area contributed by atoms with Crippen molar-refractivity contribution in [1.29, 1.82) is 0 Å². The zero-order chi connectivity index (χ0) is 17.5. The van der Waals surface area contributed by atoms with Crippen LogP contribution in [0.15, 0.2) is 12.7 Å². The number of hydrogen-bond acceptors (Lipinski definition) is 2. The molecule has 5 heteroatoms. The molecule has 0 aliphatic heterocycles. The number of allylic oxidation sites excluding steroid dienone is 1. The summed E-state index contributed by atoms with van der Waals surface area (Å²) in [6, 6.07) is 0. The second kappa shape index (κ2) is 17.7. The molecule has 0 aliphatic rings. The third-order valence-electron chi connectivity index (χ3n) is 3.81. The zero-order valence-corrected chi connectivity index (χ0v) is 14.2. The third-order valence-corrected chi connectivity index (χ3v) is 3.81. The summed E-state index contributed by atoms with van der Waals surface area (Å²) < 4.78 is 0. The molecule has 0 aliphatic carbocycles. The maximum atomic E-state index is 11.0. The van der Waals surface area contributed by atoms with Crippen molar-refractivity contribution in [3.8, 4) is 11.8 Å². The molecule has 0 saturated carbocycles. The molecule has 0 aromatic heterocycles. The molecule has 2 atom stereocenters. The molecule has 0 aromatic carbocycles. The quantitative estimate of drug-likeness (QED) is 0.226. The van der Waals surface area contributed by atoms with E-state index in [0.29, 0.717) is 12.3 Å². The van der Waals surface area contributed by atoms with Crippen LogP contribution in [0.2, 0.25) is 0 Å². The van der Waals surface area contributed by atoms with Crippen molar-refractivity contribution in [2.75, 3.05) is 0 Å². The van der Waals surface area contributed by atoms with E-state index in [1.165, 1.54) is 32.1 Å². The van der Waals surface area contributed by atoms with Crippen LogP contribution in [0.4, 0.5) is 0 Å². The topological polar surface area (TPSA) is 74.6 Å². The Bertz CT molecular complexity index is 423. The molecule has 0 fully saturated rings. The second-order valence-corrected chi connectivity index (χ2v) is 5.96. The standard InChI is InChI=1S/C19H30O4.K.H/c1-3-5-6-7-8-9-12-16(11-4-2)13-10-14-17(19(22)23)15-18(20)21;;/h4,16-17H,2-3,5-9,11-13,15H2,1H3,(H,20,21)(H,22,23);;. The first-order chi connectivity index (χ1) is 11.0. The van der Waals surface area contributed by atoms with Gasteiger partial charge in [-0.05, 0) is 18.8 Å². The predicted molar refractivity (Wildman–Crippen MR) is 99.2 cm³/mol. The summed E-state index contributed by atoms with van der Waals surface area (Å²) in [5.74, 6) is 2.42. The first-order valence-electron chi connectivity index (χ1n) is 8.55. The summed E-state index contributed by atoms with van der Waals surface area (Å²) in [5, 5.41) is 17.6. The van der Waals surface area contributed by atoms with Crippen LogP contribution >= 0.6 is 0 Å². The summed E-state index contributed by atoms with van der Waals surface area (Å²) in [6.45, 7) is 5.96. The van der Waals surface area contributed by atoms with Gasteiger partial charge in [-0.3, -0.25) is 9.59 Å². The SMILES string of the molecule is C=CCC(CC#CC(CC(=O)O)C(=O)O)CCCCCCCC.[KH]. The van der Waals surface area contributed by atoms with Gasteiger partial charge in [-0.1, -0.05) is 57.4 Å². The van der Waals surface area contributed by atoms with Gasteiger partial charge in [0.1, 0.15) is 5.92 Å². The van der Waals surface area contributed by atoms with Gasteiger partial charge in [0.05, 0.1) is 6.42 Å². The maximum absolute atomic E-state index is 11.0. The molecule has 0 aromatic rings. The molecule has 2 N–H and O–H groups in total. The van der Waals surface area contributed by atoms with Gasteiger partial charge in [0.15, 0.2) is 0 Å². The van der Waals surface area contributed by atoms with Gasteiger partial charge in [-0.2, -0.15) is 0 Å². The molecular formula is C19H31KO4. The van der Waals surface area contributed by atoms with Crippen LogP contribution in [0, 0.1) is 23.7 Å². The van der Waals surface area contributed by atoms with Gasteiger partial charge in [0.25, 0.3) is 0 Å². The molecule has 0 amide bonds. The van der Waals surface area contributed by atoms with Gasteiger partial charge >= 0.3 is 63.3 Å². The molecule has 132 valence electrons. The molecule has 0 bridgehead atoms. The molecular weight excluding hydrogens is 331 g/mol. The fraction of sp³-hybridized carbons (Fsp3) is 0.684. The summed E-state index contributed by atoms with van der Waals surface area (Å²) in [6.07, 6.45) is 11.4. The molecule has 24 heavy (non-hydrogen) atoms. The van der Waals surface area contributed by atoms with E-state index in [9.17, 15) is 9.59 Å².